The smallest absolute Gasteiger partial charge is 0.409 e. The largest absolute Gasteiger partial charge is 0.486 e. The number of hydrogen-bond donors (Lipinski definition) is 5. The molecule has 1 amide bonds. The predicted molar refractivity (Wildman–Crippen MR) is 101 cm³/mol. The van der Waals surface area contributed by atoms with Crippen LogP contribution in [0.25, 0.3) is 0 Å². The minimum Gasteiger partial charge on any atom is -0.486 e. The van der Waals surface area contributed by atoms with E-state index in [2.05, 4.69) is 0 Å². The Labute approximate surface area is 151 Å². The molecule has 8 N–H and O–H groups in total. The van der Waals surface area contributed by atoms with E-state index in [-0.39, 0.29) is 24.6 Å². The lowest BCUT2D eigenvalue weighted by molar-refractivity contribution is -0.102. The highest BCUT2D eigenvalue weighted by Crippen LogP contribution is 2.28. The molecular weight excluding hydrogens is 336 g/mol. The zero-order valence-electron chi connectivity index (χ0n) is 14.6. The third-order valence-corrected chi connectivity index (χ3v) is 4.02. The summed E-state index contributed by atoms with van der Waals surface area (Å²) in [6.07, 6.45) is -0.835. The number of carboxylic acid groups (broad SMARTS) is 1. The Morgan fingerprint density at radius 3 is 2.42 bits per heavy atom. The van der Waals surface area contributed by atoms with Gasteiger partial charge in [-0.3, -0.25) is 4.90 Å². The minimum absolute atomic E-state index is 0.0853. The van der Waals surface area contributed by atoms with Crippen LogP contribution in [0.2, 0.25) is 0 Å². The molecule has 0 radical (unpaired) electrons. The number of ether oxygens (including phenoxy) is 1. The molecule has 1 atom stereocenters. The zero-order valence-corrected chi connectivity index (χ0v) is 14.6. The number of para-hydroxylation sites is 1. The number of nitrogens with zero attached hydrogens (tertiary/aromatic N) is 1. The van der Waals surface area contributed by atoms with Crippen LogP contribution in [0.1, 0.15) is 12.5 Å². The van der Waals surface area contributed by atoms with E-state index < -0.39 is 11.8 Å². The molecule has 0 fully saturated rings. The normalized spacial score (nSPS) is 13.0. The topological polar surface area (TPSA) is 148 Å². The first kappa shape index (κ1) is 19.2. The first-order chi connectivity index (χ1) is 12.2. The second kappa shape index (κ2) is 7.83. The SMILES string of the molecule is CC(O)(COc1cccc(N)c1N)N(CCc1ccc(N)cc1)C(=O)O. The highest BCUT2D eigenvalue weighted by Gasteiger charge is 2.34. The van der Waals surface area contributed by atoms with Crippen LogP contribution in [0.4, 0.5) is 21.9 Å². The van der Waals surface area contributed by atoms with E-state index in [0.29, 0.717) is 17.8 Å². The van der Waals surface area contributed by atoms with E-state index in [0.717, 1.165) is 10.5 Å². The van der Waals surface area contributed by atoms with Crippen LogP contribution in [0, 0.1) is 0 Å². The van der Waals surface area contributed by atoms with E-state index in [1.165, 1.54) is 6.92 Å². The van der Waals surface area contributed by atoms with Crippen molar-refractivity contribution in [3.63, 3.8) is 0 Å². The van der Waals surface area contributed by atoms with Gasteiger partial charge < -0.3 is 32.2 Å². The Morgan fingerprint density at radius 1 is 1.15 bits per heavy atom. The maximum absolute atomic E-state index is 11.6. The molecule has 26 heavy (non-hydrogen) atoms. The highest BCUT2D eigenvalue weighted by atomic mass is 16.5. The van der Waals surface area contributed by atoms with Gasteiger partial charge in [-0.2, -0.15) is 0 Å². The number of carbonyl (C=O) groups is 1. The third kappa shape index (κ3) is 4.70. The standard InChI is InChI=1S/C18H24N4O4/c1-18(25,11-26-15-4-2-3-14(20)16(15)21)22(17(23)24)10-9-12-5-7-13(19)8-6-12/h2-8,25H,9-11,19-21H2,1H3,(H,23,24). The molecule has 1 unspecified atom stereocenters. The van der Waals surface area contributed by atoms with Gasteiger partial charge in [0.05, 0.1) is 11.4 Å². The molecular formula is C18H24N4O4. The van der Waals surface area contributed by atoms with E-state index in [1.54, 1.807) is 30.3 Å². The Morgan fingerprint density at radius 2 is 1.81 bits per heavy atom. The molecule has 0 aliphatic heterocycles. The number of nitrogens with two attached hydrogens (primary N) is 3. The summed E-state index contributed by atoms with van der Waals surface area (Å²) in [6.45, 7) is 1.16. The van der Waals surface area contributed by atoms with Crippen LogP contribution < -0.4 is 21.9 Å². The van der Waals surface area contributed by atoms with E-state index >= 15 is 0 Å². The summed E-state index contributed by atoms with van der Waals surface area (Å²) in [5.41, 5.74) is 17.5. The van der Waals surface area contributed by atoms with Gasteiger partial charge in [0, 0.05) is 12.2 Å². The van der Waals surface area contributed by atoms with Gasteiger partial charge in [-0.05, 0) is 43.2 Å². The van der Waals surface area contributed by atoms with Crippen molar-refractivity contribution in [3.05, 3.63) is 48.0 Å². The quantitative estimate of drug-likeness (QED) is 0.373. The molecule has 0 heterocycles. The maximum Gasteiger partial charge on any atom is 0.409 e. The second-order valence-electron chi connectivity index (χ2n) is 6.19. The third-order valence-electron chi connectivity index (χ3n) is 4.02. The minimum atomic E-state index is -1.75. The summed E-state index contributed by atoms with van der Waals surface area (Å²) < 4.78 is 5.50. The van der Waals surface area contributed by atoms with Crippen LogP contribution in [0.15, 0.2) is 42.5 Å². The van der Waals surface area contributed by atoms with Crippen molar-refractivity contribution in [2.75, 3.05) is 30.4 Å². The van der Waals surface area contributed by atoms with Gasteiger partial charge in [0.15, 0.2) is 5.72 Å². The summed E-state index contributed by atoms with van der Waals surface area (Å²) in [5.74, 6) is 0.286. The fourth-order valence-electron chi connectivity index (χ4n) is 2.45. The first-order valence-electron chi connectivity index (χ1n) is 8.05. The van der Waals surface area contributed by atoms with Crippen LogP contribution in [-0.2, 0) is 6.42 Å². The van der Waals surface area contributed by atoms with Gasteiger partial charge in [-0.1, -0.05) is 18.2 Å². The Balaban J connectivity index is 2.05. The van der Waals surface area contributed by atoms with Crippen molar-refractivity contribution < 1.29 is 19.7 Å². The summed E-state index contributed by atoms with van der Waals surface area (Å²) in [5, 5.41) is 20.1. The van der Waals surface area contributed by atoms with Gasteiger partial charge in [0.25, 0.3) is 0 Å². The monoisotopic (exact) mass is 360 g/mol. The molecule has 140 valence electrons. The average Bonchev–Trinajstić information content (AvgIpc) is 2.57. The molecule has 2 rings (SSSR count). The zero-order chi connectivity index (χ0) is 19.3. The van der Waals surface area contributed by atoms with Crippen LogP contribution in [0.5, 0.6) is 5.75 Å². The lowest BCUT2D eigenvalue weighted by Gasteiger charge is -2.34. The van der Waals surface area contributed by atoms with Gasteiger partial charge in [-0.25, -0.2) is 4.79 Å². The number of hydrogen-bond acceptors (Lipinski definition) is 6. The Kier molecular flexibility index (Phi) is 5.78. The number of aliphatic hydroxyl groups is 1. The lowest BCUT2D eigenvalue weighted by Crippen LogP contribution is -2.53. The number of nitrogen functional groups attached to an aromatic ring is 3. The van der Waals surface area contributed by atoms with Crippen molar-refractivity contribution in [1.82, 2.24) is 4.90 Å². The molecule has 0 spiro atoms. The van der Waals surface area contributed by atoms with Crippen LogP contribution in [0.3, 0.4) is 0 Å². The number of amides is 1. The van der Waals surface area contributed by atoms with Crippen molar-refractivity contribution in [2.24, 2.45) is 0 Å². The van der Waals surface area contributed by atoms with Crippen LogP contribution >= 0.6 is 0 Å². The van der Waals surface area contributed by atoms with Crippen molar-refractivity contribution >= 4 is 23.2 Å². The molecule has 2 aromatic rings. The molecule has 2 aromatic carbocycles. The van der Waals surface area contributed by atoms with Gasteiger partial charge in [0.2, 0.25) is 0 Å². The average molecular weight is 360 g/mol. The van der Waals surface area contributed by atoms with Crippen molar-refractivity contribution in [1.29, 1.82) is 0 Å². The van der Waals surface area contributed by atoms with E-state index in [4.69, 9.17) is 21.9 Å². The van der Waals surface area contributed by atoms with Crippen molar-refractivity contribution in [2.45, 2.75) is 19.1 Å². The fourth-order valence-corrected chi connectivity index (χ4v) is 2.45. The summed E-state index contributed by atoms with van der Waals surface area (Å²) in [7, 11) is 0. The molecule has 0 saturated heterocycles. The molecule has 8 nitrogen and oxygen atoms in total. The van der Waals surface area contributed by atoms with E-state index in [1.807, 2.05) is 12.1 Å². The molecule has 0 aromatic heterocycles. The van der Waals surface area contributed by atoms with Gasteiger partial charge in [-0.15, -0.1) is 0 Å². The molecule has 0 aliphatic rings. The molecule has 0 aliphatic carbocycles. The number of anilines is 3. The highest BCUT2D eigenvalue weighted by molar-refractivity contribution is 5.70. The lowest BCUT2D eigenvalue weighted by atomic mass is 10.1. The maximum atomic E-state index is 11.6. The van der Waals surface area contributed by atoms with Gasteiger partial charge in [0.1, 0.15) is 12.4 Å². The molecule has 0 saturated carbocycles. The molecule has 8 heteroatoms. The Hall–Kier alpha value is -3.13. The fraction of sp³-hybridized carbons (Fsp3) is 0.278. The van der Waals surface area contributed by atoms with Crippen molar-refractivity contribution in [3.8, 4) is 5.75 Å². The first-order valence-corrected chi connectivity index (χ1v) is 8.05. The Bertz CT molecular complexity index is 762. The van der Waals surface area contributed by atoms with Crippen LogP contribution in [-0.4, -0.2) is 40.1 Å². The summed E-state index contributed by atoms with van der Waals surface area (Å²) in [4.78, 5) is 12.5. The van der Waals surface area contributed by atoms with E-state index in [9.17, 15) is 15.0 Å². The number of benzene rings is 2. The molecule has 0 bridgehead atoms. The van der Waals surface area contributed by atoms with Gasteiger partial charge >= 0.3 is 6.09 Å². The second-order valence-corrected chi connectivity index (χ2v) is 6.19. The summed E-state index contributed by atoms with van der Waals surface area (Å²) in [6, 6.07) is 12.0. The number of rotatable bonds is 7. The predicted octanol–water partition coefficient (Wildman–Crippen LogP) is 1.74. The summed E-state index contributed by atoms with van der Waals surface area (Å²) >= 11 is 0.